The summed E-state index contributed by atoms with van der Waals surface area (Å²) in [7, 11) is 0. The van der Waals surface area contributed by atoms with Crippen molar-refractivity contribution in [2.75, 3.05) is 0 Å². The van der Waals surface area contributed by atoms with Gasteiger partial charge in [-0.25, -0.2) is 0 Å². The van der Waals surface area contributed by atoms with Crippen LogP contribution in [0.5, 0.6) is 5.75 Å². The van der Waals surface area contributed by atoms with Crippen LogP contribution in [0, 0.1) is 0 Å². The molecule has 1 heteroatoms. The Bertz CT molecular complexity index is 382. The van der Waals surface area contributed by atoms with Crippen molar-refractivity contribution in [3.05, 3.63) is 28.8 Å². The lowest BCUT2D eigenvalue weighted by Crippen LogP contribution is -1.96. The summed E-state index contributed by atoms with van der Waals surface area (Å²) in [6.45, 7) is 6.61. The van der Waals surface area contributed by atoms with Crippen LogP contribution in [-0.2, 0) is 19.3 Å². The predicted octanol–water partition coefficient (Wildman–Crippen LogP) is 5.81. The highest BCUT2D eigenvalue weighted by Gasteiger charge is 2.08. The minimum absolute atomic E-state index is 0.556. The number of hydrogen-bond donors (Lipinski definition) is 1. The van der Waals surface area contributed by atoms with E-state index in [0.717, 1.165) is 24.8 Å². The van der Waals surface area contributed by atoms with Crippen molar-refractivity contribution in [1.29, 1.82) is 0 Å². The number of hydrogen-bond acceptors (Lipinski definition) is 1. The Kier molecular flexibility index (Phi) is 8.41. The SMILES string of the molecule is CCCCCCc1cc(CC)c(O)c(CCCCC)c1. The van der Waals surface area contributed by atoms with E-state index < -0.39 is 0 Å². The molecule has 1 N–H and O–H groups in total. The molecule has 0 amide bonds. The first-order valence-corrected chi connectivity index (χ1v) is 8.56. The zero-order chi connectivity index (χ0) is 14.8. The molecule has 1 aromatic rings. The molecule has 0 saturated heterocycles. The van der Waals surface area contributed by atoms with Gasteiger partial charge in [0.25, 0.3) is 0 Å². The van der Waals surface area contributed by atoms with E-state index in [2.05, 4.69) is 32.9 Å². The lowest BCUT2D eigenvalue weighted by Gasteiger charge is -2.12. The standard InChI is InChI=1S/C19H32O/c1-4-7-9-11-12-16-14-17(6-3)19(20)18(15-16)13-10-8-5-2/h14-15,20H,4-13H2,1-3H3. The molecule has 0 bridgehead atoms. The van der Waals surface area contributed by atoms with Gasteiger partial charge in [-0.3, -0.25) is 0 Å². The molecular weight excluding hydrogens is 244 g/mol. The molecular formula is C19H32O. The van der Waals surface area contributed by atoms with Gasteiger partial charge >= 0.3 is 0 Å². The van der Waals surface area contributed by atoms with E-state index in [1.54, 1.807) is 0 Å². The highest BCUT2D eigenvalue weighted by Crippen LogP contribution is 2.27. The van der Waals surface area contributed by atoms with Gasteiger partial charge in [-0.2, -0.15) is 0 Å². The van der Waals surface area contributed by atoms with E-state index in [4.69, 9.17) is 0 Å². The number of benzene rings is 1. The monoisotopic (exact) mass is 276 g/mol. The number of aryl methyl sites for hydroxylation is 3. The van der Waals surface area contributed by atoms with Crippen LogP contribution in [-0.4, -0.2) is 5.11 Å². The molecule has 0 spiro atoms. The number of aromatic hydroxyl groups is 1. The fraction of sp³-hybridized carbons (Fsp3) is 0.684. The molecule has 20 heavy (non-hydrogen) atoms. The first-order valence-electron chi connectivity index (χ1n) is 8.56. The Morgan fingerprint density at radius 1 is 0.750 bits per heavy atom. The first kappa shape index (κ1) is 17.1. The number of unbranched alkanes of at least 4 members (excludes halogenated alkanes) is 5. The van der Waals surface area contributed by atoms with E-state index in [9.17, 15) is 5.11 Å². The maximum absolute atomic E-state index is 10.3. The second kappa shape index (κ2) is 9.85. The molecule has 114 valence electrons. The smallest absolute Gasteiger partial charge is 0.121 e. The fourth-order valence-corrected chi connectivity index (χ4v) is 2.76. The molecule has 0 fully saturated rings. The minimum Gasteiger partial charge on any atom is -0.507 e. The molecule has 0 aliphatic heterocycles. The van der Waals surface area contributed by atoms with Gasteiger partial charge in [-0.1, -0.05) is 65.0 Å². The summed E-state index contributed by atoms with van der Waals surface area (Å²) < 4.78 is 0. The summed E-state index contributed by atoms with van der Waals surface area (Å²) in [5, 5.41) is 10.3. The Morgan fingerprint density at radius 2 is 1.35 bits per heavy atom. The molecule has 0 atom stereocenters. The van der Waals surface area contributed by atoms with Gasteiger partial charge in [0, 0.05) is 0 Å². The van der Waals surface area contributed by atoms with Gasteiger partial charge in [0.15, 0.2) is 0 Å². The van der Waals surface area contributed by atoms with E-state index in [1.807, 2.05) is 0 Å². The van der Waals surface area contributed by atoms with Crippen molar-refractivity contribution in [2.24, 2.45) is 0 Å². The molecule has 1 nitrogen and oxygen atoms in total. The van der Waals surface area contributed by atoms with Crippen molar-refractivity contribution >= 4 is 0 Å². The van der Waals surface area contributed by atoms with Gasteiger partial charge in [-0.05, 0) is 48.8 Å². The topological polar surface area (TPSA) is 20.2 Å². The molecule has 1 aromatic carbocycles. The summed E-state index contributed by atoms with van der Waals surface area (Å²) in [5.74, 6) is 0.556. The highest BCUT2D eigenvalue weighted by molar-refractivity contribution is 5.44. The van der Waals surface area contributed by atoms with Crippen LogP contribution in [0.15, 0.2) is 12.1 Å². The summed E-state index contributed by atoms with van der Waals surface area (Å²) in [6.07, 6.45) is 12.0. The number of rotatable bonds is 10. The van der Waals surface area contributed by atoms with E-state index in [1.165, 1.54) is 56.1 Å². The van der Waals surface area contributed by atoms with Crippen LogP contribution in [0.3, 0.4) is 0 Å². The molecule has 0 aromatic heterocycles. The molecule has 0 aliphatic rings. The van der Waals surface area contributed by atoms with E-state index in [-0.39, 0.29) is 0 Å². The van der Waals surface area contributed by atoms with Crippen LogP contribution in [0.1, 0.15) is 82.4 Å². The normalized spacial score (nSPS) is 10.9. The fourth-order valence-electron chi connectivity index (χ4n) is 2.76. The molecule has 0 saturated carbocycles. The van der Waals surface area contributed by atoms with Crippen molar-refractivity contribution in [1.82, 2.24) is 0 Å². The van der Waals surface area contributed by atoms with Gasteiger partial charge < -0.3 is 5.11 Å². The van der Waals surface area contributed by atoms with Gasteiger partial charge in [0.2, 0.25) is 0 Å². The van der Waals surface area contributed by atoms with Crippen molar-refractivity contribution in [3.63, 3.8) is 0 Å². The molecule has 1 rings (SSSR count). The Morgan fingerprint density at radius 3 is 2.00 bits per heavy atom. The maximum atomic E-state index is 10.3. The van der Waals surface area contributed by atoms with Crippen LogP contribution < -0.4 is 0 Å². The summed E-state index contributed by atoms with van der Waals surface area (Å²) in [6, 6.07) is 4.46. The molecule has 0 unspecified atom stereocenters. The lowest BCUT2D eigenvalue weighted by molar-refractivity contribution is 0.459. The maximum Gasteiger partial charge on any atom is 0.121 e. The third-order valence-corrected chi connectivity index (χ3v) is 4.08. The van der Waals surface area contributed by atoms with Crippen LogP contribution in [0.4, 0.5) is 0 Å². The van der Waals surface area contributed by atoms with Crippen LogP contribution in [0.25, 0.3) is 0 Å². The second-order valence-corrected chi connectivity index (χ2v) is 5.88. The first-order chi connectivity index (χ1) is 9.72. The summed E-state index contributed by atoms with van der Waals surface area (Å²) >= 11 is 0. The van der Waals surface area contributed by atoms with Gasteiger partial charge in [0.05, 0.1) is 0 Å². The van der Waals surface area contributed by atoms with Gasteiger partial charge in [0.1, 0.15) is 5.75 Å². The third-order valence-electron chi connectivity index (χ3n) is 4.08. The van der Waals surface area contributed by atoms with E-state index >= 15 is 0 Å². The Labute approximate surface area is 125 Å². The highest BCUT2D eigenvalue weighted by atomic mass is 16.3. The second-order valence-electron chi connectivity index (χ2n) is 5.88. The predicted molar refractivity (Wildman–Crippen MR) is 88.6 cm³/mol. The van der Waals surface area contributed by atoms with Crippen LogP contribution in [0.2, 0.25) is 0 Å². The summed E-state index contributed by atoms with van der Waals surface area (Å²) in [5.41, 5.74) is 3.72. The Hall–Kier alpha value is -0.980. The van der Waals surface area contributed by atoms with Crippen molar-refractivity contribution < 1.29 is 5.11 Å². The summed E-state index contributed by atoms with van der Waals surface area (Å²) in [4.78, 5) is 0. The zero-order valence-corrected chi connectivity index (χ0v) is 13.7. The van der Waals surface area contributed by atoms with Crippen LogP contribution >= 0.6 is 0 Å². The van der Waals surface area contributed by atoms with Gasteiger partial charge in [-0.15, -0.1) is 0 Å². The zero-order valence-electron chi connectivity index (χ0n) is 13.7. The van der Waals surface area contributed by atoms with E-state index in [0.29, 0.717) is 5.75 Å². The number of phenolic OH excluding ortho intramolecular Hbond substituents is 1. The quantitative estimate of drug-likeness (QED) is 0.535. The Balaban J connectivity index is 2.71. The average molecular weight is 276 g/mol. The number of phenols is 1. The molecule has 0 heterocycles. The minimum atomic E-state index is 0.556. The van der Waals surface area contributed by atoms with Crippen molar-refractivity contribution in [3.8, 4) is 5.75 Å². The average Bonchev–Trinajstić information content (AvgIpc) is 2.46. The molecule has 0 radical (unpaired) electrons. The lowest BCUT2D eigenvalue weighted by atomic mass is 9.95. The largest absolute Gasteiger partial charge is 0.507 e. The van der Waals surface area contributed by atoms with Crippen molar-refractivity contribution in [2.45, 2.75) is 85.0 Å². The third kappa shape index (κ3) is 5.56. The molecule has 0 aliphatic carbocycles.